The molecule has 0 bridgehead atoms. The van der Waals surface area contributed by atoms with Gasteiger partial charge in [-0.1, -0.05) is 0 Å². The Morgan fingerprint density at radius 3 is 2.88 bits per heavy atom. The molecule has 0 saturated heterocycles. The number of thiazole rings is 1. The van der Waals surface area contributed by atoms with Crippen LogP contribution in [0.5, 0.6) is 0 Å². The zero-order chi connectivity index (χ0) is 12.1. The summed E-state index contributed by atoms with van der Waals surface area (Å²) in [6.45, 7) is 0.726. The number of hydrogen-bond donors (Lipinski definition) is 1. The maximum Gasteiger partial charge on any atom is 0.345 e. The molecule has 0 saturated carbocycles. The molecule has 0 aromatic carbocycles. The maximum absolute atomic E-state index is 11.1. The van der Waals surface area contributed by atoms with Crippen LogP contribution in [0.15, 0.2) is 6.20 Å². The Labute approximate surface area is 93.4 Å². The molecule has 0 radical (unpaired) electrons. The van der Waals surface area contributed by atoms with Crippen molar-refractivity contribution in [2.45, 2.75) is 6.92 Å². The van der Waals surface area contributed by atoms with E-state index < -0.39 is 23.4 Å². The van der Waals surface area contributed by atoms with Gasteiger partial charge >= 0.3 is 11.0 Å². The Hall–Kier alpha value is -2.03. The number of nitro groups is 1. The fourth-order valence-corrected chi connectivity index (χ4v) is 1.38. The van der Waals surface area contributed by atoms with Gasteiger partial charge in [-0.2, -0.15) is 0 Å². The number of nitrogens with zero attached hydrogens (tertiary/aromatic N) is 2. The summed E-state index contributed by atoms with van der Waals surface area (Å²) >= 11 is 0.721. The van der Waals surface area contributed by atoms with Crippen LogP contribution in [-0.2, 0) is 14.3 Å². The van der Waals surface area contributed by atoms with E-state index in [4.69, 9.17) is 0 Å². The van der Waals surface area contributed by atoms with Gasteiger partial charge in [0.1, 0.15) is 6.20 Å². The standard InChI is InChI=1S/C7H7N3O5S/c1-4(11)15-3-5(12)9-7-8-2-6(16-7)10(13)14/h2H,3H2,1H3,(H,8,9,12). The van der Waals surface area contributed by atoms with E-state index in [0.29, 0.717) is 0 Å². The first-order valence-electron chi connectivity index (χ1n) is 4.02. The molecule has 0 aliphatic heterocycles. The van der Waals surface area contributed by atoms with Crippen LogP contribution in [0, 0.1) is 10.1 Å². The van der Waals surface area contributed by atoms with E-state index in [-0.39, 0.29) is 10.1 Å². The Morgan fingerprint density at radius 2 is 2.38 bits per heavy atom. The Bertz CT molecular complexity index is 429. The molecule has 1 amide bonds. The van der Waals surface area contributed by atoms with Gasteiger partial charge in [-0.25, -0.2) is 4.98 Å². The Balaban J connectivity index is 2.49. The molecule has 0 spiro atoms. The van der Waals surface area contributed by atoms with Crippen molar-refractivity contribution in [2.24, 2.45) is 0 Å². The summed E-state index contributed by atoms with van der Waals surface area (Å²) in [6.07, 6.45) is 1.03. The van der Waals surface area contributed by atoms with Crippen molar-refractivity contribution in [1.29, 1.82) is 0 Å². The average Bonchev–Trinajstić information content (AvgIpc) is 2.63. The van der Waals surface area contributed by atoms with Crippen LogP contribution in [-0.4, -0.2) is 28.4 Å². The SMILES string of the molecule is CC(=O)OCC(=O)Nc1ncc([N+](=O)[O-])s1. The van der Waals surface area contributed by atoms with Gasteiger partial charge in [0.05, 0.1) is 4.92 Å². The van der Waals surface area contributed by atoms with Crippen molar-refractivity contribution < 1.29 is 19.2 Å². The quantitative estimate of drug-likeness (QED) is 0.471. The fraction of sp³-hybridized carbons (Fsp3) is 0.286. The number of amides is 1. The normalized spacial score (nSPS) is 9.56. The second kappa shape index (κ2) is 5.16. The highest BCUT2D eigenvalue weighted by Gasteiger charge is 2.13. The highest BCUT2D eigenvalue weighted by Crippen LogP contribution is 2.24. The molecule has 1 rings (SSSR count). The van der Waals surface area contributed by atoms with Gasteiger partial charge in [0.15, 0.2) is 11.7 Å². The van der Waals surface area contributed by atoms with Crippen LogP contribution < -0.4 is 5.32 Å². The Morgan fingerprint density at radius 1 is 1.69 bits per heavy atom. The van der Waals surface area contributed by atoms with Crippen molar-refractivity contribution in [2.75, 3.05) is 11.9 Å². The van der Waals surface area contributed by atoms with Crippen LogP contribution in [0.3, 0.4) is 0 Å². The Kier molecular flexibility index (Phi) is 3.89. The van der Waals surface area contributed by atoms with Gasteiger partial charge in [-0.05, 0) is 11.3 Å². The van der Waals surface area contributed by atoms with E-state index in [9.17, 15) is 19.7 Å². The minimum Gasteiger partial charge on any atom is -0.456 e. The number of aromatic nitrogens is 1. The van der Waals surface area contributed by atoms with Crippen LogP contribution in [0.1, 0.15) is 6.92 Å². The highest BCUT2D eigenvalue weighted by atomic mass is 32.1. The predicted molar refractivity (Wildman–Crippen MR) is 54.0 cm³/mol. The smallest absolute Gasteiger partial charge is 0.345 e. The number of carbonyl (C=O) groups excluding carboxylic acids is 2. The lowest BCUT2D eigenvalue weighted by Crippen LogP contribution is -2.19. The van der Waals surface area contributed by atoms with E-state index in [1.54, 1.807) is 0 Å². The minimum atomic E-state index is -0.612. The second-order valence-electron chi connectivity index (χ2n) is 2.59. The summed E-state index contributed by atoms with van der Waals surface area (Å²) in [7, 11) is 0. The molecule has 0 aliphatic carbocycles. The molecule has 16 heavy (non-hydrogen) atoms. The molecule has 1 aromatic heterocycles. The molecular weight excluding hydrogens is 238 g/mol. The monoisotopic (exact) mass is 245 g/mol. The number of rotatable bonds is 4. The lowest BCUT2D eigenvalue weighted by atomic mass is 10.6. The maximum atomic E-state index is 11.1. The zero-order valence-electron chi connectivity index (χ0n) is 8.13. The molecule has 1 aromatic rings. The molecular formula is C7H7N3O5S. The molecule has 0 atom stereocenters. The summed E-state index contributed by atoms with van der Waals surface area (Å²) in [6, 6.07) is 0. The molecule has 0 unspecified atom stereocenters. The van der Waals surface area contributed by atoms with Crippen molar-refractivity contribution in [3.63, 3.8) is 0 Å². The largest absolute Gasteiger partial charge is 0.456 e. The van der Waals surface area contributed by atoms with Crippen molar-refractivity contribution >= 4 is 33.3 Å². The van der Waals surface area contributed by atoms with Crippen molar-refractivity contribution in [3.8, 4) is 0 Å². The molecule has 0 aliphatic rings. The lowest BCUT2D eigenvalue weighted by Gasteiger charge is -2.00. The summed E-state index contributed by atoms with van der Waals surface area (Å²) in [5, 5.41) is 12.5. The van der Waals surface area contributed by atoms with Gasteiger partial charge < -0.3 is 4.74 Å². The van der Waals surface area contributed by atoms with Crippen molar-refractivity contribution in [1.82, 2.24) is 4.98 Å². The van der Waals surface area contributed by atoms with Gasteiger partial charge in [0, 0.05) is 6.92 Å². The third-order valence-corrected chi connectivity index (χ3v) is 2.19. The predicted octanol–water partition coefficient (Wildman–Crippen LogP) is 0.553. The number of esters is 1. The van der Waals surface area contributed by atoms with Gasteiger partial charge in [0.25, 0.3) is 5.91 Å². The lowest BCUT2D eigenvalue weighted by molar-refractivity contribution is -0.380. The van der Waals surface area contributed by atoms with Crippen LogP contribution >= 0.6 is 11.3 Å². The zero-order valence-corrected chi connectivity index (χ0v) is 8.94. The summed E-state index contributed by atoms with van der Waals surface area (Å²) in [5.74, 6) is -1.18. The molecule has 9 heteroatoms. The van der Waals surface area contributed by atoms with Gasteiger partial charge in [-0.3, -0.25) is 25.0 Å². The first-order chi connectivity index (χ1) is 7.49. The van der Waals surface area contributed by atoms with Crippen LogP contribution in [0.4, 0.5) is 10.1 Å². The van der Waals surface area contributed by atoms with E-state index in [0.717, 1.165) is 17.5 Å². The summed E-state index contributed by atoms with van der Waals surface area (Å²) in [5.41, 5.74) is 0. The third kappa shape index (κ3) is 3.61. The topological polar surface area (TPSA) is 111 Å². The van der Waals surface area contributed by atoms with Crippen LogP contribution in [0.2, 0.25) is 0 Å². The van der Waals surface area contributed by atoms with Gasteiger partial charge in [0.2, 0.25) is 0 Å². The molecule has 8 nitrogen and oxygen atoms in total. The molecule has 0 fully saturated rings. The molecule has 1 N–H and O–H groups in total. The van der Waals surface area contributed by atoms with E-state index >= 15 is 0 Å². The first kappa shape index (κ1) is 12.0. The second-order valence-corrected chi connectivity index (χ2v) is 3.60. The van der Waals surface area contributed by atoms with Gasteiger partial charge in [-0.15, -0.1) is 0 Å². The number of ether oxygens (including phenoxy) is 1. The average molecular weight is 245 g/mol. The van der Waals surface area contributed by atoms with E-state index in [2.05, 4.69) is 15.0 Å². The van der Waals surface area contributed by atoms with Crippen LogP contribution in [0.25, 0.3) is 0 Å². The minimum absolute atomic E-state index is 0.0869. The van der Waals surface area contributed by atoms with E-state index in [1.807, 2.05) is 0 Å². The summed E-state index contributed by atoms with van der Waals surface area (Å²) in [4.78, 5) is 34.8. The van der Waals surface area contributed by atoms with Crippen molar-refractivity contribution in [3.05, 3.63) is 16.3 Å². The number of hydrogen-bond acceptors (Lipinski definition) is 7. The third-order valence-electron chi connectivity index (χ3n) is 1.33. The van der Waals surface area contributed by atoms with E-state index in [1.165, 1.54) is 6.92 Å². The first-order valence-corrected chi connectivity index (χ1v) is 4.84. The number of carbonyl (C=O) groups is 2. The molecule has 1 heterocycles. The molecule has 86 valence electrons. The number of anilines is 1. The highest BCUT2D eigenvalue weighted by molar-refractivity contribution is 7.18. The fourth-order valence-electron chi connectivity index (χ4n) is 0.730. The summed E-state index contributed by atoms with van der Waals surface area (Å²) < 4.78 is 4.42. The number of nitrogens with one attached hydrogen (secondary N) is 1.